The Balaban J connectivity index is 2.99. The van der Waals surface area contributed by atoms with Crippen LogP contribution < -0.4 is 10.6 Å². The fraction of sp³-hybridized carbons (Fsp3) is 0.571. The third-order valence-electron chi connectivity index (χ3n) is 3.45. The number of hydrogen-bond acceptors (Lipinski definition) is 2. The van der Waals surface area contributed by atoms with E-state index in [0.29, 0.717) is 12.0 Å². The molecule has 2 atom stereocenters. The number of benzene rings is 1. The maximum atomic E-state index is 6.32. The number of nitrogens with two attached hydrogens (primary N) is 1. The molecule has 0 saturated carbocycles. The number of anilines is 1. The standard InChI is InChI=1S/C14H23ClN2/c1-9(2)11(4)17(5)14-7-6-12(10(3)16)8-13(14)15/h6-11H,16H2,1-5H3. The smallest absolute Gasteiger partial charge is 0.0642 e. The first-order valence-corrected chi connectivity index (χ1v) is 6.50. The van der Waals surface area contributed by atoms with Gasteiger partial charge in [-0.15, -0.1) is 0 Å². The van der Waals surface area contributed by atoms with Gasteiger partial charge in [0.2, 0.25) is 0 Å². The zero-order valence-corrected chi connectivity index (χ0v) is 12.1. The zero-order chi connectivity index (χ0) is 13.2. The van der Waals surface area contributed by atoms with Crippen LogP contribution in [0.2, 0.25) is 5.02 Å². The largest absolute Gasteiger partial charge is 0.370 e. The fourth-order valence-corrected chi connectivity index (χ4v) is 2.08. The Hall–Kier alpha value is -0.730. The van der Waals surface area contributed by atoms with Gasteiger partial charge in [-0.05, 0) is 37.5 Å². The van der Waals surface area contributed by atoms with Gasteiger partial charge >= 0.3 is 0 Å². The molecule has 0 fully saturated rings. The van der Waals surface area contributed by atoms with Crippen LogP contribution in [-0.2, 0) is 0 Å². The monoisotopic (exact) mass is 254 g/mol. The third kappa shape index (κ3) is 3.36. The van der Waals surface area contributed by atoms with Crippen LogP contribution in [0.15, 0.2) is 18.2 Å². The molecule has 2 nitrogen and oxygen atoms in total. The van der Waals surface area contributed by atoms with Crippen molar-refractivity contribution < 1.29 is 0 Å². The molecule has 2 N–H and O–H groups in total. The van der Waals surface area contributed by atoms with E-state index in [0.717, 1.165) is 16.3 Å². The molecule has 0 saturated heterocycles. The average molecular weight is 255 g/mol. The molecule has 1 aromatic carbocycles. The highest BCUT2D eigenvalue weighted by Gasteiger charge is 2.16. The lowest BCUT2D eigenvalue weighted by atomic mass is 10.0. The lowest BCUT2D eigenvalue weighted by molar-refractivity contribution is 0.505. The molecule has 0 spiro atoms. The Morgan fingerprint density at radius 3 is 2.18 bits per heavy atom. The molecular weight excluding hydrogens is 232 g/mol. The van der Waals surface area contributed by atoms with Gasteiger partial charge in [-0.2, -0.15) is 0 Å². The minimum Gasteiger partial charge on any atom is -0.370 e. The maximum Gasteiger partial charge on any atom is 0.0642 e. The predicted octanol–water partition coefficient (Wildman–Crippen LogP) is 3.84. The summed E-state index contributed by atoms with van der Waals surface area (Å²) in [5.41, 5.74) is 7.98. The lowest BCUT2D eigenvalue weighted by Gasteiger charge is -2.31. The van der Waals surface area contributed by atoms with Crippen LogP contribution >= 0.6 is 11.6 Å². The van der Waals surface area contributed by atoms with Gasteiger partial charge in [-0.1, -0.05) is 31.5 Å². The molecule has 0 aromatic heterocycles. The van der Waals surface area contributed by atoms with E-state index in [4.69, 9.17) is 17.3 Å². The molecule has 17 heavy (non-hydrogen) atoms. The quantitative estimate of drug-likeness (QED) is 0.885. The number of hydrogen-bond donors (Lipinski definition) is 1. The Kier molecular flexibility index (Phi) is 4.84. The van der Waals surface area contributed by atoms with Gasteiger partial charge in [0, 0.05) is 19.1 Å². The summed E-state index contributed by atoms with van der Waals surface area (Å²) in [5.74, 6) is 0.587. The maximum absolute atomic E-state index is 6.32. The van der Waals surface area contributed by atoms with Crippen LogP contribution in [-0.4, -0.2) is 13.1 Å². The van der Waals surface area contributed by atoms with Crippen molar-refractivity contribution in [2.75, 3.05) is 11.9 Å². The molecule has 96 valence electrons. The topological polar surface area (TPSA) is 29.3 Å². The van der Waals surface area contributed by atoms with Crippen molar-refractivity contribution >= 4 is 17.3 Å². The average Bonchev–Trinajstić information content (AvgIpc) is 2.26. The number of halogens is 1. The Labute approximate surface area is 110 Å². The van der Waals surface area contributed by atoms with E-state index in [-0.39, 0.29) is 6.04 Å². The van der Waals surface area contributed by atoms with E-state index in [1.807, 2.05) is 13.0 Å². The minimum atomic E-state index is 0.0226. The molecule has 0 heterocycles. The number of nitrogens with zero attached hydrogens (tertiary/aromatic N) is 1. The Morgan fingerprint density at radius 1 is 1.18 bits per heavy atom. The Bertz CT molecular complexity index is 374. The molecule has 0 aliphatic heterocycles. The molecule has 2 unspecified atom stereocenters. The third-order valence-corrected chi connectivity index (χ3v) is 3.76. The fourth-order valence-electron chi connectivity index (χ4n) is 1.76. The van der Waals surface area contributed by atoms with Gasteiger partial charge < -0.3 is 10.6 Å². The highest BCUT2D eigenvalue weighted by Crippen LogP contribution is 2.30. The predicted molar refractivity (Wildman–Crippen MR) is 76.8 cm³/mol. The minimum absolute atomic E-state index is 0.0226. The Morgan fingerprint density at radius 2 is 1.76 bits per heavy atom. The van der Waals surface area contributed by atoms with E-state index < -0.39 is 0 Å². The van der Waals surface area contributed by atoms with Crippen LogP contribution in [0.25, 0.3) is 0 Å². The summed E-state index contributed by atoms with van der Waals surface area (Å²) < 4.78 is 0. The molecule has 0 bridgehead atoms. The molecule has 0 amide bonds. The molecule has 0 aliphatic carbocycles. The van der Waals surface area contributed by atoms with Gasteiger partial charge in [0.1, 0.15) is 0 Å². The van der Waals surface area contributed by atoms with Gasteiger partial charge in [0.15, 0.2) is 0 Å². The van der Waals surface area contributed by atoms with Gasteiger partial charge in [0.05, 0.1) is 10.7 Å². The van der Waals surface area contributed by atoms with E-state index in [9.17, 15) is 0 Å². The molecule has 1 aromatic rings. The first-order chi connectivity index (χ1) is 7.84. The van der Waals surface area contributed by atoms with Crippen LogP contribution in [0.3, 0.4) is 0 Å². The van der Waals surface area contributed by atoms with Crippen molar-refractivity contribution in [1.82, 2.24) is 0 Å². The lowest BCUT2D eigenvalue weighted by Crippen LogP contribution is -2.33. The highest BCUT2D eigenvalue weighted by molar-refractivity contribution is 6.33. The van der Waals surface area contributed by atoms with E-state index in [1.165, 1.54) is 0 Å². The van der Waals surface area contributed by atoms with Crippen LogP contribution in [0.4, 0.5) is 5.69 Å². The molecule has 1 rings (SSSR count). The van der Waals surface area contributed by atoms with Crippen molar-refractivity contribution in [3.8, 4) is 0 Å². The number of rotatable bonds is 4. The zero-order valence-electron chi connectivity index (χ0n) is 11.4. The first kappa shape index (κ1) is 14.3. The summed E-state index contributed by atoms with van der Waals surface area (Å²) in [7, 11) is 2.08. The van der Waals surface area contributed by atoms with Gasteiger partial charge in [-0.3, -0.25) is 0 Å². The second-order valence-corrected chi connectivity index (χ2v) is 5.50. The molecule has 3 heteroatoms. The van der Waals surface area contributed by atoms with Crippen molar-refractivity contribution in [3.05, 3.63) is 28.8 Å². The summed E-state index contributed by atoms with van der Waals surface area (Å²) in [6.45, 7) is 8.60. The molecular formula is C14H23ClN2. The molecule has 0 radical (unpaired) electrons. The SMILES string of the molecule is CC(N)c1ccc(N(C)C(C)C(C)C)c(Cl)c1. The van der Waals surface area contributed by atoms with Crippen LogP contribution in [0, 0.1) is 5.92 Å². The summed E-state index contributed by atoms with van der Waals surface area (Å²) >= 11 is 6.32. The summed E-state index contributed by atoms with van der Waals surface area (Å²) in [4.78, 5) is 2.22. The van der Waals surface area contributed by atoms with Crippen molar-refractivity contribution in [2.24, 2.45) is 11.7 Å². The second-order valence-electron chi connectivity index (χ2n) is 5.10. The van der Waals surface area contributed by atoms with Crippen LogP contribution in [0.5, 0.6) is 0 Å². The van der Waals surface area contributed by atoms with Gasteiger partial charge in [0.25, 0.3) is 0 Å². The second kappa shape index (κ2) is 5.74. The van der Waals surface area contributed by atoms with E-state index in [1.54, 1.807) is 0 Å². The van der Waals surface area contributed by atoms with Crippen molar-refractivity contribution in [3.63, 3.8) is 0 Å². The van der Waals surface area contributed by atoms with E-state index in [2.05, 4.69) is 44.9 Å². The van der Waals surface area contributed by atoms with Gasteiger partial charge in [-0.25, -0.2) is 0 Å². The van der Waals surface area contributed by atoms with Crippen LogP contribution in [0.1, 0.15) is 39.3 Å². The summed E-state index contributed by atoms with van der Waals surface area (Å²) in [5, 5.41) is 0.773. The van der Waals surface area contributed by atoms with Crippen molar-refractivity contribution in [2.45, 2.75) is 39.8 Å². The van der Waals surface area contributed by atoms with E-state index >= 15 is 0 Å². The normalized spacial score (nSPS) is 14.8. The first-order valence-electron chi connectivity index (χ1n) is 6.12. The molecule has 0 aliphatic rings. The summed E-state index contributed by atoms with van der Waals surface area (Å²) in [6.07, 6.45) is 0. The van der Waals surface area contributed by atoms with Crippen molar-refractivity contribution in [1.29, 1.82) is 0 Å². The summed E-state index contributed by atoms with van der Waals surface area (Å²) in [6, 6.07) is 6.54. The highest BCUT2D eigenvalue weighted by atomic mass is 35.5.